The van der Waals surface area contributed by atoms with Crippen LogP contribution in [0.5, 0.6) is 0 Å². The Bertz CT molecular complexity index is 834. The second kappa shape index (κ2) is 8.20. The number of benzene rings is 1. The smallest absolute Gasteiger partial charge is 0.268 e. The minimum absolute atomic E-state index is 0.142. The zero-order valence-corrected chi connectivity index (χ0v) is 18.6. The molecule has 0 heterocycles. The van der Waals surface area contributed by atoms with Crippen molar-refractivity contribution in [2.24, 2.45) is 23.2 Å². The van der Waals surface area contributed by atoms with E-state index in [4.69, 9.17) is 16.0 Å². The van der Waals surface area contributed by atoms with Crippen LogP contribution < -0.4 is 0 Å². The van der Waals surface area contributed by atoms with Crippen LogP contribution in [0.2, 0.25) is 0 Å². The van der Waals surface area contributed by atoms with Crippen LogP contribution in [-0.4, -0.2) is 38.2 Å². The molecule has 0 N–H and O–H groups in total. The number of halogens is 1. The Morgan fingerprint density at radius 2 is 1.79 bits per heavy atom. The molecule has 4 saturated carbocycles. The van der Waals surface area contributed by atoms with E-state index in [2.05, 4.69) is 0 Å². The molecule has 4 aliphatic carbocycles. The predicted molar refractivity (Wildman–Crippen MR) is 113 cm³/mol. The van der Waals surface area contributed by atoms with E-state index in [0.29, 0.717) is 24.9 Å². The van der Waals surface area contributed by atoms with E-state index in [0.717, 1.165) is 29.6 Å². The van der Waals surface area contributed by atoms with Crippen LogP contribution in [0.1, 0.15) is 60.9 Å². The van der Waals surface area contributed by atoms with Gasteiger partial charge in [-0.05, 0) is 92.2 Å². The summed E-state index contributed by atoms with van der Waals surface area (Å²) in [6.07, 6.45) is 10.0. The highest BCUT2D eigenvalue weighted by molar-refractivity contribution is 7.85. The van der Waals surface area contributed by atoms with Crippen LogP contribution in [0.3, 0.4) is 0 Å². The van der Waals surface area contributed by atoms with Crippen molar-refractivity contribution in [2.45, 2.75) is 51.4 Å². The van der Waals surface area contributed by atoms with Gasteiger partial charge >= 0.3 is 0 Å². The lowest BCUT2D eigenvalue weighted by molar-refractivity contribution is -0.0579. The van der Waals surface area contributed by atoms with Gasteiger partial charge in [0.15, 0.2) is 0 Å². The van der Waals surface area contributed by atoms with Crippen molar-refractivity contribution in [3.05, 3.63) is 35.4 Å². The summed E-state index contributed by atoms with van der Waals surface area (Å²) in [4.78, 5) is 13.0. The zero-order chi connectivity index (χ0) is 20.6. The van der Waals surface area contributed by atoms with E-state index >= 15 is 0 Å². The molecule has 5 rings (SSSR count). The van der Waals surface area contributed by atoms with E-state index in [1.54, 1.807) is 6.07 Å². The van der Waals surface area contributed by atoms with Gasteiger partial charge in [-0.25, -0.2) is 0 Å². The molecular weight excluding hydrogens is 410 g/mol. The van der Waals surface area contributed by atoms with Gasteiger partial charge in [-0.3, -0.25) is 13.4 Å². The Balaban J connectivity index is 1.35. The van der Waals surface area contributed by atoms with Crippen LogP contribution >= 0.6 is 11.8 Å². The molecule has 1 aromatic rings. The van der Waals surface area contributed by atoms with Gasteiger partial charge in [0.1, 0.15) is 0 Å². The lowest BCUT2D eigenvalue weighted by atomic mass is 9.49. The average molecular weight is 440 g/mol. The fraction of sp³-hybridized carbons (Fsp3) is 0.682. The summed E-state index contributed by atoms with van der Waals surface area (Å²) >= 11 is 6.53. The second-order valence-electron chi connectivity index (χ2n) is 9.57. The molecule has 1 amide bonds. The molecular formula is C22H30ClNO4S. The fourth-order valence-electron chi connectivity index (χ4n) is 6.34. The van der Waals surface area contributed by atoms with E-state index in [-0.39, 0.29) is 17.9 Å². The van der Waals surface area contributed by atoms with Gasteiger partial charge in [0.2, 0.25) is 0 Å². The van der Waals surface area contributed by atoms with Crippen LogP contribution in [0.25, 0.3) is 0 Å². The molecule has 0 unspecified atom stereocenters. The number of amides is 1. The molecule has 1 aromatic carbocycles. The third-order valence-corrected chi connectivity index (χ3v) is 7.81. The van der Waals surface area contributed by atoms with Crippen molar-refractivity contribution in [1.29, 1.82) is 0 Å². The maximum absolute atomic E-state index is 13.0. The first-order chi connectivity index (χ1) is 13.7. The highest BCUT2D eigenvalue weighted by Crippen LogP contribution is 2.60. The Hall–Kier alpha value is -1.11. The minimum Gasteiger partial charge on any atom is -0.270 e. The lowest BCUT2D eigenvalue weighted by Gasteiger charge is -2.57. The third kappa shape index (κ3) is 5.15. The number of carbonyl (C=O) groups is 1. The molecule has 0 saturated heterocycles. The molecule has 160 valence electrons. The van der Waals surface area contributed by atoms with Gasteiger partial charge in [0.05, 0.1) is 12.9 Å². The number of nitrogens with zero attached hydrogens (tertiary/aromatic N) is 1. The van der Waals surface area contributed by atoms with Crippen molar-refractivity contribution in [3.8, 4) is 0 Å². The van der Waals surface area contributed by atoms with Gasteiger partial charge < -0.3 is 0 Å². The van der Waals surface area contributed by atoms with Crippen LogP contribution in [0.15, 0.2) is 24.3 Å². The number of carbonyl (C=O) groups excluding carboxylic acids is 1. The van der Waals surface area contributed by atoms with Gasteiger partial charge in [-0.15, -0.1) is 0 Å². The monoisotopic (exact) mass is 439 g/mol. The molecule has 4 bridgehead atoms. The molecule has 5 nitrogen and oxygen atoms in total. The highest BCUT2D eigenvalue weighted by atomic mass is 35.5. The van der Waals surface area contributed by atoms with E-state index < -0.39 is 10.1 Å². The Labute approximate surface area is 179 Å². The Kier molecular flexibility index (Phi) is 5.97. The standard InChI is InChI=1S/C22H30ClNO4S/c1-29(26,27)28-7-3-5-16-4-2-6-20(11-16)21(25)24(23)15-22-12-17-8-18(13-22)10-19(9-17)14-22/h2,4,6,11,17-19H,3,5,7-10,12-15H2,1H3. The van der Waals surface area contributed by atoms with Crippen LogP contribution in [-0.2, 0) is 20.7 Å². The van der Waals surface area contributed by atoms with E-state index in [1.165, 1.54) is 42.9 Å². The molecule has 0 atom stereocenters. The Morgan fingerprint density at radius 1 is 1.17 bits per heavy atom. The summed E-state index contributed by atoms with van der Waals surface area (Å²) in [6.45, 7) is 0.786. The normalized spacial score (nSPS) is 30.5. The SMILES string of the molecule is CS(=O)(=O)OCCCc1cccc(C(=O)N(Cl)CC23CC4CC(CC(C4)C2)C3)c1. The molecule has 4 aliphatic rings. The molecule has 29 heavy (non-hydrogen) atoms. The summed E-state index contributed by atoms with van der Waals surface area (Å²) in [7, 11) is -3.41. The quantitative estimate of drug-likeness (QED) is 0.342. The first kappa shape index (κ1) is 21.1. The number of aryl methyl sites for hydroxylation is 1. The molecule has 0 aromatic heterocycles. The van der Waals surface area contributed by atoms with Crippen molar-refractivity contribution < 1.29 is 17.4 Å². The molecule has 4 fully saturated rings. The number of hydrogen-bond acceptors (Lipinski definition) is 4. The van der Waals surface area contributed by atoms with Gasteiger partial charge in [-0.1, -0.05) is 12.1 Å². The minimum atomic E-state index is -3.41. The van der Waals surface area contributed by atoms with Gasteiger partial charge in [-0.2, -0.15) is 8.42 Å². The van der Waals surface area contributed by atoms with Crippen LogP contribution in [0.4, 0.5) is 0 Å². The van der Waals surface area contributed by atoms with Crippen LogP contribution in [0, 0.1) is 23.2 Å². The van der Waals surface area contributed by atoms with E-state index in [1.807, 2.05) is 18.2 Å². The maximum atomic E-state index is 13.0. The predicted octanol–water partition coefficient (Wildman–Crippen LogP) is 4.41. The van der Waals surface area contributed by atoms with E-state index in [9.17, 15) is 13.2 Å². The Morgan fingerprint density at radius 3 is 2.38 bits per heavy atom. The van der Waals surface area contributed by atoms with Crippen molar-refractivity contribution in [1.82, 2.24) is 4.42 Å². The molecule has 0 spiro atoms. The first-order valence-electron chi connectivity index (χ1n) is 10.6. The number of hydrogen-bond donors (Lipinski definition) is 0. The fourth-order valence-corrected chi connectivity index (χ4v) is 7.11. The largest absolute Gasteiger partial charge is 0.270 e. The van der Waals surface area contributed by atoms with Crippen molar-refractivity contribution in [3.63, 3.8) is 0 Å². The highest BCUT2D eigenvalue weighted by Gasteiger charge is 2.51. The summed E-state index contributed by atoms with van der Waals surface area (Å²) in [5, 5.41) is 0. The third-order valence-electron chi connectivity index (χ3n) is 6.94. The molecule has 0 radical (unpaired) electrons. The topological polar surface area (TPSA) is 63.7 Å². The summed E-state index contributed by atoms with van der Waals surface area (Å²) in [5.74, 6) is 2.35. The zero-order valence-electron chi connectivity index (χ0n) is 17.0. The summed E-state index contributed by atoms with van der Waals surface area (Å²) in [5.41, 5.74) is 1.78. The first-order valence-corrected chi connectivity index (χ1v) is 12.8. The van der Waals surface area contributed by atoms with Crippen molar-refractivity contribution >= 4 is 27.8 Å². The second-order valence-corrected chi connectivity index (χ2v) is 11.6. The maximum Gasteiger partial charge on any atom is 0.268 e. The number of rotatable bonds is 8. The van der Waals surface area contributed by atoms with Gasteiger partial charge in [0.25, 0.3) is 16.0 Å². The van der Waals surface area contributed by atoms with Gasteiger partial charge in [0, 0.05) is 23.9 Å². The molecule has 0 aliphatic heterocycles. The van der Waals surface area contributed by atoms with Crippen molar-refractivity contribution in [2.75, 3.05) is 19.4 Å². The summed E-state index contributed by atoms with van der Waals surface area (Å²) in [6, 6.07) is 7.45. The molecule has 7 heteroatoms. The average Bonchev–Trinajstić information content (AvgIpc) is 2.62. The summed E-state index contributed by atoms with van der Waals surface area (Å²) < 4.78 is 28.3. The lowest BCUT2D eigenvalue weighted by Crippen LogP contribution is -2.50.